The van der Waals surface area contributed by atoms with Crippen molar-refractivity contribution in [1.29, 1.82) is 0 Å². The Morgan fingerprint density at radius 2 is 1.75 bits per heavy atom. The maximum absolute atomic E-state index is 11.8. The zero-order valence-corrected chi connectivity index (χ0v) is 12.0. The first-order valence-electron chi connectivity index (χ1n) is 6.48. The van der Waals surface area contributed by atoms with E-state index in [2.05, 4.69) is 0 Å². The zero-order valence-electron chi connectivity index (χ0n) is 12.0. The number of rotatable bonds is 4. The van der Waals surface area contributed by atoms with Crippen LogP contribution in [-0.4, -0.2) is 13.1 Å². The van der Waals surface area contributed by atoms with Gasteiger partial charge in [-0.25, -0.2) is 4.79 Å². The lowest BCUT2D eigenvalue weighted by atomic mass is 10.0. The summed E-state index contributed by atoms with van der Waals surface area (Å²) in [5, 5.41) is 0. The fraction of sp³-hybridized carbons (Fsp3) is 0.235. The molecule has 104 valence electrons. The van der Waals surface area contributed by atoms with E-state index in [1.807, 2.05) is 50.2 Å². The molecule has 3 nitrogen and oxygen atoms in total. The standard InChI is InChI=1S/C17H18O3/c1-12-9-10-15(17(18)19-3)16(13(12)2)20-11-14-7-5-4-6-8-14/h4-10H,11H2,1-3H3. The molecule has 20 heavy (non-hydrogen) atoms. The second-order valence-electron chi connectivity index (χ2n) is 4.65. The maximum Gasteiger partial charge on any atom is 0.341 e. The van der Waals surface area contributed by atoms with Gasteiger partial charge in [-0.3, -0.25) is 0 Å². The maximum atomic E-state index is 11.8. The van der Waals surface area contributed by atoms with Gasteiger partial charge in [-0.05, 0) is 36.6 Å². The molecule has 0 heterocycles. The van der Waals surface area contributed by atoms with Crippen LogP contribution in [0.2, 0.25) is 0 Å². The molecule has 0 atom stereocenters. The number of carbonyl (C=O) groups excluding carboxylic acids is 1. The number of hydrogen-bond donors (Lipinski definition) is 0. The molecule has 0 radical (unpaired) electrons. The van der Waals surface area contributed by atoms with Gasteiger partial charge in [0, 0.05) is 0 Å². The molecule has 0 spiro atoms. The number of methoxy groups -OCH3 is 1. The number of hydrogen-bond acceptors (Lipinski definition) is 3. The average Bonchev–Trinajstić information content (AvgIpc) is 2.49. The Morgan fingerprint density at radius 3 is 2.40 bits per heavy atom. The largest absolute Gasteiger partial charge is 0.488 e. The van der Waals surface area contributed by atoms with Crippen molar-refractivity contribution in [1.82, 2.24) is 0 Å². The molecule has 0 amide bonds. The Labute approximate surface area is 119 Å². The summed E-state index contributed by atoms with van der Waals surface area (Å²) >= 11 is 0. The molecule has 0 unspecified atom stereocenters. The minimum atomic E-state index is -0.379. The van der Waals surface area contributed by atoms with E-state index in [1.54, 1.807) is 6.07 Å². The minimum absolute atomic E-state index is 0.379. The van der Waals surface area contributed by atoms with Crippen molar-refractivity contribution in [3.8, 4) is 5.75 Å². The van der Waals surface area contributed by atoms with E-state index in [0.29, 0.717) is 17.9 Å². The second-order valence-corrected chi connectivity index (χ2v) is 4.65. The van der Waals surface area contributed by atoms with Crippen LogP contribution in [0.1, 0.15) is 27.0 Å². The molecular formula is C17H18O3. The van der Waals surface area contributed by atoms with Crippen LogP contribution in [0.15, 0.2) is 42.5 Å². The number of carbonyl (C=O) groups is 1. The molecule has 0 fully saturated rings. The average molecular weight is 270 g/mol. The highest BCUT2D eigenvalue weighted by atomic mass is 16.5. The van der Waals surface area contributed by atoms with Gasteiger partial charge in [0.2, 0.25) is 0 Å². The highest BCUT2D eigenvalue weighted by Gasteiger charge is 2.16. The third kappa shape index (κ3) is 2.99. The number of aryl methyl sites for hydroxylation is 1. The van der Waals surface area contributed by atoms with Gasteiger partial charge in [0.15, 0.2) is 0 Å². The summed E-state index contributed by atoms with van der Waals surface area (Å²) in [4.78, 5) is 11.8. The first-order chi connectivity index (χ1) is 9.63. The van der Waals surface area contributed by atoms with Gasteiger partial charge in [-0.15, -0.1) is 0 Å². The lowest BCUT2D eigenvalue weighted by Gasteiger charge is -2.14. The van der Waals surface area contributed by atoms with E-state index < -0.39 is 0 Å². The van der Waals surface area contributed by atoms with Gasteiger partial charge in [-0.1, -0.05) is 36.4 Å². The van der Waals surface area contributed by atoms with Gasteiger partial charge in [0.05, 0.1) is 7.11 Å². The van der Waals surface area contributed by atoms with Gasteiger partial charge < -0.3 is 9.47 Å². The minimum Gasteiger partial charge on any atom is -0.488 e. The van der Waals surface area contributed by atoms with Gasteiger partial charge in [0.25, 0.3) is 0 Å². The molecule has 0 aliphatic carbocycles. The van der Waals surface area contributed by atoms with Crippen molar-refractivity contribution < 1.29 is 14.3 Å². The van der Waals surface area contributed by atoms with Crippen LogP contribution in [0.3, 0.4) is 0 Å². The molecule has 2 aromatic rings. The predicted molar refractivity (Wildman–Crippen MR) is 78.0 cm³/mol. The van der Waals surface area contributed by atoms with Crippen molar-refractivity contribution in [3.63, 3.8) is 0 Å². The topological polar surface area (TPSA) is 35.5 Å². The fourth-order valence-corrected chi connectivity index (χ4v) is 1.98. The summed E-state index contributed by atoms with van der Waals surface area (Å²) in [6.07, 6.45) is 0. The van der Waals surface area contributed by atoms with Gasteiger partial charge >= 0.3 is 5.97 Å². The van der Waals surface area contributed by atoms with E-state index >= 15 is 0 Å². The SMILES string of the molecule is COC(=O)c1ccc(C)c(C)c1OCc1ccccc1. The van der Waals surface area contributed by atoms with E-state index in [4.69, 9.17) is 9.47 Å². The highest BCUT2D eigenvalue weighted by Crippen LogP contribution is 2.28. The van der Waals surface area contributed by atoms with Crippen molar-refractivity contribution in [2.45, 2.75) is 20.5 Å². The van der Waals surface area contributed by atoms with Gasteiger partial charge in [-0.2, -0.15) is 0 Å². The Hall–Kier alpha value is -2.29. The summed E-state index contributed by atoms with van der Waals surface area (Å²) in [6, 6.07) is 13.5. The molecule has 0 bridgehead atoms. The molecule has 0 aromatic heterocycles. The summed E-state index contributed by atoms with van der Waals surface area (Å²) in [5.74, 6) is 0.219. The molecular weight excluding hydrogens is 252 g/mol. The van der Waals surface area contributed by atoms with Crippen LogP contribution in [0, 0.1) is 13.8 Å². The van der Waals surface area contributed by atoms with E-state index in [9.17, 15) is 4.79 Å². The lowest BCUT2D eigenvalue weighted by Crippen LogP contribution is -2.08. The van der Waals surface area contributed by atoms with Crippen LogP contribution in [0.5, 0.6) is 5.75 Å². The molecule has 0 N–H and O–H groups in total. The number of ether oxygens (including phenoxy) is 2. The molecule has 0 saturated heterocycles. The first kappa shape index (κ1) is 14.1. The quantitative estimate of drug-likeness (QED) is 0.795. The summed E-state index contributed by atoms with van der Waals surface area (Å²) in [5.41, 5.74) is 3.57. The van der Waals surface area contributed by atoms with Crippen molar-refractivity contribution in [2.24, 2.45) is 0 Å². The second kappa shape index (κ2) is 6.24. The van der Waals surface area contributed by atoms with Crippen molar-refractivity contribution >= 4 is 5.97 Å². The molecule has 0 aliphatic rings. The number of benzene rings is 2. The summed E-state index contributed by atoms with van der Waals surface area (Å²) in [7, 11) is 1.37. The van der Waals surface area contributed by atoms with Crippen LogP contribution in [0.4, 0.5) is 0 Å². The van der Waals surface area contributed by atoms with E-state index in [1.165, 1.54) is 7.11 Å². The van der Waals surface area contributed by atoms with Crippen LogP contribution >= 0.6 is 0 Å². The Balaban J connectivity index is 2.29. The molecule has 2 rings (SSSR count). The zero-order chi connectivity index (χ0) is 14.5. The van der Waals surface area contributed by atoms with E-state index in [-0.39, 0.29) is 5.97 Å². The Morgan fingerprint density at radius 1 is 1.05 bits per heavy atom. The summed E-state index contributed by atoms with van der Waals surface area (Å²) in [6.45, 7) is 4.36. The van der Waals surface area contributed by atoms with Crippen molar-refractivity contribution in [3.05, 3.63) is 64.7 Å². The van der Waals surface area contributed by atoms with Crippen LogP contribution in [0.25, 0.3) is 0 Å². The molecule has 0 aliphatic heterocycles. The molecule has 2 aromatic carbocycles. The Bertz CT molecular complexity index is 603. The normalized spacial score (nSPS) is 10.2. The molecule has 3 heteroatoms. The van der Waals surface area contributed by atoms with Crippen LogP contribution < -0.4 is 4.74 Å². The van der Waals surface area contributed by atoms with E-state index in [0.717, 1.165) is 16.7 Å². The highest BCUT2D eigenvalue weighted by molar-refractivity contribution is 5.93. The first-order valence-corrected chi connectivity index (χ1v) is 6.48. The monoisotopic (exact) mass is 270 g/mol. The lowest BCUT2D eigenvalue weighted by molar-refractivity contribution is 0.0595. The molecule has 0 saturated carbocycles. The van der Waals surface area contributed by atoms with Crippen molar-refractivity contribution in [2.75, 3.05) is 7.11 Å². The van der Waals surface area contributed by atoms with Gasteiger partial charge in [0.1, 0.15) is 17.9 Å². The third-order valence-corrected chi connectivity index (χ3v) is 3.31. The fourth-order valence-electron chi connectivity index (χ4n) is 1.98. The predicted octanol–water partition coefficient (Wildman–Crippen LogP) is 3.67. The third-order valence-electron chi connectivity index (χ3n) is 3.31. The Kier molecular flexibility index (Phi) is 4.41. The van der Waals surface area contributed by atoms with Crippen LogP contribution in [-0.2, 0) is 11.3 Å². The smallest absolute Gasteiger partial charge is 0.341 e. The number of esters is 1. The summed E-state index contributed by atoms with van der Waals surface area (Å²) < 4.78 is 10.7.